The van der Waals surface area contributed by atoms with Crippen LogP contribution in [0.1, 0.15) is 0 Å². The number of hydrogen-bond acceptors (Lipinski definition) is 5. The van der Waals surface area contributed by atoms with Gasteiger partial charge in [-0.05, 0) is 18.2 Å². The molecule has 8 heteroatoms. The summed E-state index contributed by atoms with van der Waals surface area (Å²) in [7, 11) is 3.85. The molecule has 0 saturated carbocycles. The largest absolute Gasteiger partial charge is 0.379 e. The van der Waals surface area contributed by atoms with Crippen molar-refractivity contribution in [1.82, 2.24) is 24.2 Å². The molecule has 1 amide bonds. The van der Waals surface area contributed by atoms with Gasteiger partial charge in [-0.25, -0.2) is 4.98 Å². The number of hydrogen-bond donors (Lipinski definition) is 1. The number of rotatable bonds is 4. The van der Waals surface area contributed by atoms with E-state index in [-0.39, 0.29) is 5.91 Å². The van der Waals surface area contributed by atoms with E-state index in [0.717, 1.165) is 41.2 Å². The predicted octanol–water partition coefficient (Wildman–Crippen LogP) is 1.24. The van der Waals surface area contributed by atoms with Gasteiger partial charge < -0.3 is 14.6 Å². The second kappa shape index (κ2) is 6.89. The molecule has 1 fully saturated rings. The van der Waals surface area contributed by atoms with Crippen LogP contribution in [0.4, 0.5) is 5.69 Å². The van der Waals surface area contributed by atoms with E-state index in [9.17, 15) is 4.79 Å². The van der Waals surface area contributed by atoms with Crippen molar-refractivity contribution in [3.8, 4) is 11.5 Å². The summed E-state index contributed by atoms with van der Waals surface area (Å²) in [6.45, 7) is 3.32. The summed E-state index contributed by atoms with van der Waals surface area (Å²) < 4.78 is 9.09. The summed E-state index contributed by atoms with van der Waals surface area (Å²) in [5, 5.41) is 8.56. The Morgan fingerprint density at radius 1 is 1.27 bits per heavy atom. The number of aromatic nitrogens is 4. The fourth-order valence-corrected chi connectivity index (χ4v) is 3.27. The number of ether oxygens (including phenoxy) is 1. The number of imidazole rings is 1. The molecule has 0 radical (unpaired) electrons. The van der Waals surface area contributed by atoms with Gasteiger partial charge in [-0.2, -0.15) is 5.10 Å². The number of benzene rings is 1. The van der Waals surface area contributed by atoms with Crippen molar-refractivity contribution >= 4 is 22.5 Å². The summed E-state index contributed by atoms with van der Waals surface area (Å²) in [6, 6.07) is 5.84. The number of nitrogens with zero attached hydrogens (tertiary/aromatic N) is 5. The summed E-state index contributed by atoms with van der Waals surface area (Å²) in [6.07, 6.45) is 3.65. The van der Waals surface area contributed by atoms with Gasteiger partial charge >= 0.3 is 0 Å². The fraction of sp³-hybridized carbons (Fsp3) is 0.389. The minimum absolute atomic E-state index is 0.0197. The highest BCUT2D eigenvalue weighted by molar-refractivity contribution is 5.98. The first-order chi connectivity index (χ1) is 12.6. The molecule has 1 saturated heterocycles. The van der Waals surface area contributed by atoms with Crippen molar-refractivity contribution in [2.24, 2.45) is 14.1 Å². The van der Waals surface area contributed by atoms with E-state index in [4.69, 9.17) is 4.74 Å². The maximum absolute atomic E-state index is 12.4. The van der Waals surface area contributed by atoms with Gasteiger partial charge in [0.2, 0.25) is 5.91 Å². The van der Waals surface area contributed by atoms with Crippen LogP contribution in [0, 0.1) is 0 Å². The average Bonchev–Trinajstić information content (AvgIpc) is 3.19. The van der Waals surface area contributed by atoms with E-state index in [0.29, 0.717) is 19.8 Å². The SMILES string of the molecule is Cn1ccnc1-c1nn(C)c2ccc(NC(=O)CN3CCOCC3)cc12. The Kier molecular flexibility index (Phi) is 4.44. The lowest BCUT2D eigenvalue weighted by Gasteiger charge is -2.25. The van der Waals surface area contributed by atoms with E-state index >= 15 is 0 Å². The monoisotopic (exact) mass is 354 g/mol. The number of nitrogens with one attached hydrogen (secondary N) is 1. The Morgan fingerprint density at radius 3 is 2.81 bits per heavy atom. The van der Waals surface area contributed by atoms with Crippen molar-refractivity contribution < 1.29 is 9.53 Å². The van der Waals surface area contributed by atoms with Crippen molar-refractivity contribution in [1.29, 1.82) is 0 Å². The third kappa shape index (κ3) is 3.21. The number of morpholine rings is 1. The van der Waals surface area contributed by atoms with Crippen LogP contribution < -0.4 is 5.32 Å². The van der Waals surface area contributed by atoms with Crippen LogP contribution in [0.3, 0.4) is 0 Å². The Morgan fingerprint density at radius 2 is 2.08 bits per heavy atom. The molecule has 1 aliphatic heterocycles. The quantitative estimate of drug-likeness (QED) is 0.763. The van der Waals surface area contributed by atoms with Crippen LogP contribution in [-0.2, 0) is 23.6 Å². The van der Waals surface area contributed by atoms with Gasteiger partial charge in [0.25, 0.3) is 0 Å². The first-order valence-electron chi connectivity index (χ1n) is 8.66. The molecule has 0 atom stereocenters. The van der Waals surface area contributed by atoms with Gasteiger partial charge in [-0.3, -0.25) is 14.4 Å². The van der Waals surface area contributed by atoms with Gasteiger partial charge in [0.05, 0.1) is 25.3 Å². The molecule has 8 nitrogen and oxygen atoms in total. The van der Waals surface area contributed by atoms with Crippen LogP contribution >= 0.6 is 0 Å². The minimum atomic E-state index is -0.0197. The Labute approximate surface area is 151 Å². The molecule has 26 heavy (non-hydrogen) atoms. The number of anilines is 1. The molecule has 0 bridgehead atoms. The molecule has 1 N–H and O–H groups in total. The molecule has 0 unspecified atom stereocenters. The lowest BCUT2D eigenvalue weighted by atomic mass is 10.1. The average molecular weight is 354 g/mol. The topological polar surface area (TPSA) is 77.2 Å². The van der Waals surface area contributed by atoms with Crippen LogP contribution in [0.25, 0.3) is 22.4 Å². The molecule has 1 aliphatic rings. The molecular formula is C18H22N6O2. The second-order valence-corrected chi connectivity index (χ2v) is 6.50. The predicted molar refractivity (Wildman–Crippen MR) is 98.8 cm³/mol. The fourth-order valence-electron chi connectivity index (χ4n) is 3.27. The van der Waals surface area contributed by atoms with Gasteiger partial charge in [0.15, 0.2) is 5.82 Å². The zero-order chi connectivity index (χ0) is 18.1. The third-order valence-electron chi connectivity index (χ3n) is 4.64. The van der Waals surface area contributed by atoms with E-state index in [2.05, 4.69) is 20.3 Å². The number of fused-ring (bicyclic) bond motifs is 1. The van der Waals surface area contributed by atoms with E-state index in [1.54, 1.807) is 6.20 Å². The van der Waals surface area contributed by atoms with Crippen LogP contribution in [0.5, 0.6) is 0 Å². The number of amides is 1. The number of carbonyl (C=O) groups is 1. The highest BCUT2D eigenvalue weighted by Gasteiger charge is 2.17. The molecule has 3 heterocycles. The Balaban J connectivity index is 1.58. The Hall–Kier alpha value is -2.71. The maximum Gasteiger partial charge on any atom is 0.238 e. The molecular weight excluding hydrogens is 332 g/mol. The molecule has 136 valence electrons. The zero-order valence-corrected chi connectivity index (χ0v) is 15.0. The highest BCUT2D eigenvalue weighted by Crippen LogP contribution is 2.28. The summed E-state index contributed by atoms with van der Waals surface area (Å²) in [5.74, 6) is 0.779. The lowest BCUT2D eigenvalue weighted by Crippen LogP contribution is -2.41. The number of carbonyl (C=O) groups excluding carboxylic acids is 1. The number of aryl methyl sites for hydroxylation is 2. The van der Waals surface area contributed by atoms with Crippen molar-refractivity contribution in [2.45, 2.75) is 0 Å². The van der Waals surface area contributed by atoms with Gasteiger partial charge in [0, 0.05) is 50.7 Å². The van der Waals surface area contributed by atoms with Gasteiger partial charge in [-0.15, -0.1) is 0 Å². The molecule has 2 aromatic heterocycles. The van der Waals surface area contributed by atoms with Crippen LogP contribution in [0.15, 0.2) is 30.6 Å². The van der Waals surface area contributed by atoms with Gasteiger partial charge in [-0.1, -0.05) is 0 Å². The smallest absolute Gasteiger partial charge is 0.238 e. The normalized spacial score (nSPS) is 15.5. The summed E-state index contributed by atoms with van der Waals surface area (Å²) in [4.78, 5) is 18.9. The molecule has 0 spiro atoms. The summed E-state index contributed by atoms with van der Waals surface area (Å²) >= 11 is 0. The second-order valence-electron chi connectivity index (χ2n) is 6.50. The molecule has 4 rings (SSSR count). The first kappa shape index (κ1) is 16.7. The Bertz CT molecular complexity index is 938. The van der Waals surface area contributed by atoms with E-state index in [1.165, 1.54) is 0 Å². The summed E-state index contributed by atoms with van der Waals surface area (Å²) in [5.41, 5.74) is 2.56. The van der Waals surface area contributed by atoms with Crippen molar-refractivity contribution in [3.63, 3.8) is 0 Å². The molecule has 3 aromatic rings. The van der Waals surface area contributed by atoms with Crippen molar-refractivity contribution in [3.05, 3.63) is 30.6 Å². The maximum atomic E-state index is 12.4. The molecule has 0 aliphatic carbocycles. The van der Waals surface area contributed by atoms with Crippen LogP contribution in [-0.4, -0.2) is 63.0 Å². The van der Waals surface area contributed by atoms with Crippen LogP contribution in [0.2, 0.25) is 0 Å². The highest BCUT2D eigenvalue weighted by atomic mass is 16.5. The van der Waals surface area contributed by atoms with E-state index in [1.807, 2.05) is 47.7 Å². The molecule has 1 aromatic carbocycles. The van der Waals surface area contributed by atoms with Gasteiger partial charge in [0.1, 0.15) is 5.69 Å². The van der Waals surface area contributed by atoms with Crippen molar-refractivity contribution in [2.75, 3.05) is 38.2 Å². The van der Waals surface area contributed by atoms with E-state index < -0.39 is 0 Å². The third-order valence-corrected chi connectivity index (χ3v) is 4.64. The standard InChI is InChI=1S/C18H22N6O2/c1-22-6-5-19-18(22)17-14-11-13(3-4-15(14)23(2)21-17)20-16(25)12-24-7-9-26-10-8-24/h3-6,11H,7-10,12H2,1-2H3,(H,20,25). The first-order valence-corrected chi connectivity index (χ1v) is 8.66. The minimum Gasteiger partial charge on any atom is -0.379 e. The lowest BCUT2D eigenvalue weighted by molar-refractivity contribution is -0.118. The zero-order valence-electron chi connectivity index (χ0n) is 15.0.